The van der Waals surface area contributed by atoms with Crippen molar-refractivity contribution in [2.24, 2.45) is 7.05 Å². The van der Waals surface area contributed by atoms with Crippen LogP contribution in [0.1, 0.15) is 30.4 Å². The van der Waals surface area contributed by atoms with E-state index in [0.29, 0.717) is 29.6 Å². The van der Waals surface area contributed by atoms with Crippen LogP contribution in [0.3, 0.4) is 0 Å². The lowest BCUT2D eigenvalue weighted by atomic mass is 9.95. The van der Waals surface area contributed by atoms with E-state index in [1.165, 1.54) is 12.3 Å². The monoisotopic (exact) mass is 528 g/mol. The normalized spacial score (nSPS) is 16.9. The number of carbonyl (C=O) groups is 1. The van der Waals surface area contributed by atoms with Gasteiger partial charge in [0, 0.05) is 30.9 Å². The van der Waals surface area contributed by atoms with Crippen LogP contribution in [-0.2, 0) is 16.9 Å². The van der Waals surface area contributed by atoms with Crippen molar-refractivity contribution in [2.45, 2.75) is 31.7 Å². The number of alkyl halides is 2. The van der Waals surface area contributed by atoms with Crippen molar-refractivity contribution in [3.05, 3.63) is 41.3 Å². The van der Waals surface area contributed by atoms with E-state index in [0.717, 1.165) is 0 Å². The standard InChI is InChI=1S/C22H23ClF2N4O5S/c1-22(5-7-35(31,32)8-6-22)28-20(30)19-27-15-4-3-14(10-16(15)29(19)2)34-21-17(33-12-18(24)25)9-13(23)11-26-21/h3-4,9-11,18H,5-8,12H2,1-2H3,(H,28,30). The highest BCUT2D eigenvalue weighted by atomic mass is 35.5. The Morgan fingerprint density at radius 1 is 1.29 bits per heavy atom. The molecule has 0 unspecified atom stereocenters. The summed E-state index contributed by atoms with van der Waals surface area (Å²) >= 11 is 5.90. The largest absolute Gasteiger partial charge is 0.482 e. The van der Waals surface area contributed by atoms with Crippen molar-refractivity contribution in [3.63, 3.8) is 0 Å². The summed E-state index contributed by atoms with van der Waals surface area (Å²) in [7, 11) is -1.41. The molecule has 0 radical (unpaired) electrons. The lowest BCUT2D eigenvalue weighted by molar-refractivity contribution is 0.0804. The van der Waals surface area contributed by atoms with E-state index < -0.39 is 34.3 Å². The molecular formula is C22H23ClF2N4O5S. The van der Waals surface area contributed by atoms with Gasteiger partial charge in [-0.3, -0.25) is 4.79 Å². The van der Waals surface area contributed by atoms with Crippen molar-refractivity contribution in [3.8, 4) is 17.4 Å². The molecule has 0 aliphatic carbocycles. The molecule has 0 bridgehead atoms. The van der Waals surface area contributed by atoms with Crippen LogP contribution in [0.5, 0.6) is 17.4 Å². The van der Waals surface area contributed by atoms with Crippen molar-refractivity contribution < 1.29 is 31.5 Å². The number of carbonyl (C=O) groups excluding carboxylic acids is 1. The first kappa shape index (κ1) is 25.1. The zero-order chi connectivity index (χ0) is 25.4. The van der Waals surface area contributed by atoms with Gasteiger partial charge in [0.05, 0.1) is 27.6 Å². The fourth-order valence-corrected chi connectivity index (χ4v) is 5.61. The summed E-state index contributed by atoms with van der Waals surface area (Å²) in [6, 6.07) is 6.19. The van der Waals surface area contributed by atoms with Crippen LogP contribution in [0.25, 0.3) is 11.0 Å². The molecule has 1 aromatic carbocycles. The molecule has 0 atom stereocenters. The fraction of sp³-hybridized carbons (Fsp3) is 0.409. The molecule has 188 valence electrons. The highest BCUT2D eigenvalue weighted by Crippen LogP contribution is 2.33. The summed E-state index contributed by atoms with van der Waals surface area (Å²) in [6.07, 6.45) is -0.730. The van der Waals surface area contributed by atoms with Crippen LogP contribution in [-0.4, -0.2) is 58.9 Å². The first-order chi connectivity index (χ1) is 16.4. The van der Waals surface area contributed by atoms with Crippen molar-refractivity contribution in [1.29, 1.82) is 0 Å². The second-order valence-corrected chi connectivity index (χ2v) is 11.3. The maximum Gasteiger partial charge on any atom is 0.287 e. The number of aromatic nitrogens is 3. The third kappa shape index (κ3) is 5.81. The topological polar surface area (TPSA) is 112 Å². The number of pyridine rings is 1. The molecule has 1 amide bonds. The summed E-state index contributed by atoms with van der Waals surface area (Å²) in [5.41, 5.74) is 0.455. The minimum absolute atomic E-state index is 0.0226. The van der Waals surface area contributed by atoms with E-state index in [4.69, 9.17) is 21.1 Å². The van der Waals surface area contributed by atoms with E-state index in [-0.39, 0.29) is 34.0 Å². The van der Waals surface area contributed by atoms with Gasteiger partial charge in [-0.1, -0.05) is 11.6 Å². The number of hydrogen-bond donors (Lipinski definition) is 1. The van der Waals surface area contributed by atoms with Crippen molar-refractivity contribution in [1.82, 2.24) is 19.9 Å². The third-order valence-electron chi connectivity index (χ3n) is 5.76. The third-order valence-corrected chi connectivity index (χ3v) is 7.62. The van der Waals surface area contributed by atoms with Gasteiger partial charge in [-0.25, -0.2) is 27.2 Å². The summed E-state index contributed by atoms with van der Waals surface area (Å²) in [5.74, 6) is 0.00485. The molecular weight excluding hydrogens is 506 g/mol. The Kier molecular flexibility index (Phi) is 6.87. The second kappa shape index (κ2) is 9.57. The number of halogens is 3. The number of fused-ring (bicyclic) bond motifs is 1. The van der Waals surface area contributed by atoms with Crippen LogP contribution in [0, 0.1) is 0 Å². The molecule has 1 saturated heterocycles. The molecule has 3 heterocycles. The summed E-state index contributed by atoms with van der Waals surface area (Å²) < 4.78 is 61.0. The van der Waals surface area contributed by atoms with Crippen LogP contribution in [0.2, 0.25) is 5.02 Å². The van der Waals surface area contributed by atoms with Gasteiger partial charge < -0.3 is 19.4 Å². The highest BCUT2D eigenvalue weighted by Gasteiger charge is 2.35. The van der Waals surface area contributed by atoms with Gasteiger partial charge in [0.25, 0.3) is 18.2 Å². The molecule has 0 saturated carbocycles. The molecule has 1 N–H and O–H groups in total. The molecule has 13 heteroatoms. The molecule has 9 nitrogen and oxygen atoms in total. The Bertz CT molecular complexity index is 1370. The van der Waals surface area contributed by atoms with E-state index in [1.54, 1.807) is 29.8 Å². The van der Waals surface area contributed by atoms with E-state index in [2.05, 4.69) is 15.3 Å². The van der Waals surface area contributed by atoms with Gasteiger partial charge in [0.2, 0.25) is 0 Å². The number of nitrogens with one attached hydrogen (secondary N) is 1. The minimum Gasteiger partial charge on any atom is -0.482 e. The first-order valence-corrected chi connectivity index (χ1v) is 12.9. The minimum atomic E-state index is -3.07. The van der Waals surface area contributed by atoms with Crippen LogP contribution in [0.15, 0.2) is 30.5 Å². The Labute approximate surface area is 205 Å². The number of ether oxygens (including phenoxy) is 2. The van der Waals surface area contributed by atoms with Crippen LogP contribution in [0.4, 0.5) is 8.78 Å². The van der Waals surface area contributed by atoms with Crippen molar-refractivity contribution >= 4 is 38.4 Å². The lowest BCUT2D eigenvalue weighted by Crippen LogP contribution is -2.51. The summed E-state index contributed by atoms with van der Waals surface area (Å²) in [6.45, 7) is 0.976. The fourth-order valence-electron chi connectivity index (χ4n) is 3.73. The number of rotatable bonds is 7. The number of imidazole rings is 1. The second-order valence-electron chi connectivity index (χ2n) is 8.57. The van der Waals surface area contributed by atoms with E-state index in [1.807, 2.05) is 6.92 Å². The molecule has 4 rings (SSSR count). The number of amides is 1. The SMILES string of the molecule is Cn1c(C(=O)NC2(C)CCS(=O)(=O)CC2)nc2ccc(Oc3ncc(Cl)cc3OCC(F)F)cc21. The predicted molar refractivity (Wildman–Crippen MR) is 125 cm³/mol. The number of nitrogens with zero attached hydrogens (tertiary/aromatic N) is 3. The molecule has 35 heavy (non-hydrogen) atoms. The quantitative estimate of drug-likeness (QED) is 0.497. The first-order valence-electron chi connectivity index (χ1n) is 10.7. The van der Waals surface area contributed by atoms with Gasteiger partial charge in [-0.2, -0.15) is 0 Å². The van der Waals surface area contributed by atoms with Crippen LogP contribution < -0.4 is 14.8 Å². The molecule has 1 aliphatic heterocycles. The van der Waals surface area contributed by atoms with Gasteiger partial charge in [0.15, 0.2) is 11.6 Å². The zero-order valence-electron chi connectivity index (χ0n) is 18.9. The maximum atomic E-state index is 13.0. The van der Waals surface area contributed by atoms with Crippen molar-refractivity contribution in [2.75, 3.05) is 18.1 Å². The molecule has 1 aliphatic rings. The molecule has 2 aromatic heterocycles. The maximum absolute atomic E-state index is 13.0. The molecule has 3 aromatic rings. The molecule has 1 fully saturated rings. The van der Waals surface area contributed by atoms with Crippen LogP contribution >= 0.6 is 11.6 Å². The Hall–Kier alpha value is -2.99. The van der Waals surface area contributed by atoms with Gasteiger partial charge in [0.1, 0.15) is 22.2 Å². The Morgan fingerprint density at radius 2 is 2.00 bits per heavy atom. The van der Waals surface area contributed by atoms with Gasteiger partial charge >= 0.3 is 0 Å². The lowest BCUT2D eigenvalue weighted by Gasteiger charge is -2.34. The van der Waals surface area contributed by atoms with Gasteiger partial charge in [-0.05, 0) is 31.9 Å². The Balaban J connectivity index is 1.55. The number of hydrogen-bond acceptors (Lipinski definition) is 7. The zero-order valence-corrected chi connectivity index (χ0v) is 20.5. The average Bonchev–Trinajstić information content (AvgIpc) is 3.12. The highest BCUT2D eigenvalue weighted by molar-refractivity contribution is 7.91. The van der Waals surface area contributed by atoms with E-state index in [9.17, 15) is 22.0 Å². The number of aryl methyl sites for hydroxylation is 1. The van der Waals surface area contributed by atoms with E-state index >= 15 is 0 Å². The predicted octanol–water partition coefficient (Wildman–Crippen LogP) is 3.76. The summed E-state index contributed by atoms with van der Waals surface area (Å²) in [5, 5.41) is 3.12. The average molecular weight is 529 g/mol. The smallest absolute Gasteiger partial charge is 0.287 e. The summed E-state index contributed by atoms with van der Waals surface area (Å²) in [4.78, 5) is 21.4. The van der Waals surface area contributed by atoms with Gasteiger partial charge in [-0.15, -0.1) is 0 Å². The number of sulfone groups is 1. The Morgan fingerprint density at radius 3 is 2.69 bits per heavy atom. The molecule has 0 spiro atoms. The number of benzene rings is 1.